The van der Waals surface area contributed by atoms with Crippen molar-refractivity contribution in [3.05, 3.63) is 35.9 Å². The van der Waals surface area contributed by atoms with Crippen molar-refractivity contribution in [3.8, 4) is 0 Å². The molecule has 0 spiro atoms. The average Bonchev–Trinajstić information content (AvgIpc) is 2.27. The van der Waals surface area contributed by atoms with Gasteiger partial charge >= 0.3 is 0 Å². The zero-order valence-electron chi connectivity index (χ0n) is 8.84. The smallest absolute Gasteiger partial charge is 0.245 e. The summed E-state index contributed by atoms with van der Waals surface area (Å²) in [5.41, 5.74) is 0.821. The Morgan fingerprint density at radius 1 is 1.44 bits per heavy atom. The predicted octanol–water partition coefficient (Wildman–Crippen LogP) is 1.42. The number of nitrogens with zero attached hydrogens (tertiary/aromatic N) is 1. The molecule has 1 atom stereocenters. The monoisotopic (exact) mass is 239 g/mol. The minimum absolute atomic E-state index is 0.0717. The standard InChI is InChI=1S/C12H14ClNO2/c13-11(10-4-2-1-3-5-10)12(16)14-6-9(7-14)8-15/h1-5,9,11,15H,6-8H2. The van der Waals surface area contributed by atoms with E-state index in [2.05, 4.69) is 0 Å². The highest BCUT2D eigenvalue weighted by Crippen LogP contribution is 2.26. The molecule has 16 heavy (non-hydrogen) atoms. The molecule has 1 fully saturated rings. The Labute approximate surface area is 99.6 Å². The molecule has 1 heterocycles. The van der Waals surface area contributed by atoms with E-state index >= 15 is 0 Å². The fraction of sp³-hybridized carbons (Fsp3) is 0.417. The minimum atomic E-state index is -0.610. The summed E-state index contributed by atoms with van der Waals surface area (Å²) < 4.78 is 0. The highest BCUT2D eigenvalue weighted by atomic mass is 35.5. The topological polar surface area (TPSA) is 40.5 Å². The first-order valence-electron chi connectivity index (χ1n) is 5.31. The zero-order chi connectivity index (χ0) is 11.5. The molecule has 1 amide bonds. The number of hydrogen-bond acceptors (Lipinski definition) is 2. The van der Waals surface area contributed by atoms with Crippen LogP contribution in [0.2, 0.25) is 0 Å². The Morgan fingerprint density at radius 2 is 2.06 bits per heavy atom. The Hall–Kier alpha value is -1.06. The quantitative estimate of drug-likeness (QED) is 0.811. The van der Waals surface area contributed by atoms with Crippen molar-refractivity contribution in [2.75, 3.05) is 19.7 Å². The molecule has 0 radical (unpaired) electrons. The second-order valence-electron chi connectivity index (χ2n) is 4.07. The molecule has 3 nitrogen and oxygen atoms in total. The van der Waals surface area contributed by atoms with Crippen molar-refractivity contribution < 1.29 is 9.90 Å². The SMILES string of the molecule is O=C(C(Cl)c1ccccc1)N1CC(CO)C1. The Bertz CT molecular complexity index is 363. The highest BCUT2D eigenvalue weighted by Gasteiger charge is 2.33. The van der Waals surface area contributed by atoms with Crippen LogP contribution in [-0.2, 0) is 4.79 Å². The van der Waals surface area contributed by atoms with E-state index in [1.54, 1.807) is 4.90 Å². The van der Waals surface area contributed by atoms with E-state index in [-0.39, 0.29) is 18.4 Å². The van der Waals surface area contributed by atoms with Gasteiger partial charge in [0.15, 0.2) is 0 Å². The molecule has 0 aromatic heterocycles. The Morgan fingerprint density at radius 3 is 2.62 bits per heavy atom. The summed E-state index contributed by atoms with van der Waals surface area (Å²) in [4.78, 5) is 13.6. The lowest BCUT2D eigenvalue weighted by Crippen LogP contribution is -2.52. The third-order valence-corrected chi connectivity index (χ3v) is 3.27. The number of aliphatic hydroxyl groups is 1. The van der Waals surface area contributed by atoms with Crippen molar-refractivity contribution in [1.29, 1.82) is 0 Å². The van der Waals surface area contributed by atoms with Crippen LogP contribution in [0.1, 0.15) is 10.9 Å². The van der Waals surface area contributed by atoms with E-state index in [1.165, 1.54) is 0 Å². The summed E-state index contributed by atoms with van der Waals surface area (Å²) in [6.07, 6.45) is 0. The van der Waals surface area contributed by atoms with Gasteiger partial charge in [0.1, 0.15) is 5.38 Å². The number of amides is 1. The molecule has 0 bridgehead atoms. The molecule has 1 aliphatic rings. The lowest BCUT2D eigenvalue weighted by Gasteiger charge is -2.39. The lowest BCUT2D eigenvalue weighted by atomic mass is 10.00. The first-order chi connectivity index (χ1) is 7.72. The van der Waals surface area contributed by atoms with Crippen LogP contribution in [0.25, 0.3) is 0 Å². The minimum Gasteiger partial charge on any atom is -0.396 e. The van der Waals surface area contributed by atoms with Gasteiger partial charge in [-0.2, -0.15) is 0 Å². The van der Waals surface area contributed by atoms with Gasteiger partial charge in [-0.25, -0.2) is 0 Å². The number of carbonyl (C=O) groups excluding carboxylic acids is 1. The second-order valence-corrected chi connectivity index (χ2v) is 4.50. The molecule has 4 heteroatoms. The maximum atomic E-state index is 11.9. The van der Waals surface area contributed by atoms with Gasteiger partial charge < -0.3 is 10.0 Å². The average molecular weight is 240 g/mol. The molecule has 0 aliphatic carbocycles. The van der Waals surface area contributed by atoms with Gasteiger partial charge in [0.2, 0.25) is 5.91 Å². The number of aliphatic hydroxyl groups excluding tert-OH is 1. The summed E-state index contributed by atoms with van der Waals surface area (Å²) in [5, 5.41) is 8.26. The molecule has 1 N–H and O–H groups in total. The molecule has 1 aliphatic heterocycles. The second kappa shape index (κ2) is 4.85. The fourth-order valence-electron chi connectivity index (χ4n) is 1.79. The molecule has 1 aromatic carbocycles. The molecule has 1 aromatic rings. The molecule has 86 valence electrons. The number of benzene rings is 1. The number of rotatable bonds is 3. The third-order valence-electron chi connectivity index (χ3n) is 2.84. The first kappa shape index (κ1) is 11.4. The van der Waals surface area contributed by atoms with Gasteiger partial charge in [0.05, 0.1) is 0 Å². The highest BCUT2D eigenvalue weighted by molar-refractivity contribution is 6.30. The van der Waals surface area contributed by atoms with E-state index in [4.69, 9.17) is 16.7 Å². The number of carbonyl (C=O) groups is 1. The van der Waals surface area contributed by atoms with Crippen molar-refractivity contribution in [3.63, 3.8) is 0 Å². The van der Waals surface area contributed by atoms with E-state index < -0.39 is 5.38 Å². The van der Waals surface area contributed by atoms with Gasteiger partial charge in [-0.05, 0) is 5.56 Å². The van der Waals surface area contributed by atoms with E-state index in [0.717, 1.165) is 5.56 Å². The van der Waals surface area contributed by atoms with Crippen LogP contribution in [0.3, 0.4) is 0 Å². The van der Waals surface area contributed by atoms with Crippen LogP contribution < -0.4 is 0 Å². The van der Waals surface area contributed by atoms with Crippen molar-refractivity contribution in [2.24, 2.45) is 5.92 Å². The summed E-state index contributed by atoms with van der Waals surface area (Å²) in [6.45, 7) is 1.37. The molecule has 0 saturated carbocycles. The van der Waals surface area contributed by atoms with E-state index in [0.29, 0.717) is 13.1 Å². The van der Waals surface area contributed by atoms with Crippen molar-refractivity contribution >= 4 is 17.5 Å². The van der Waals surface area contributed by atoms with E-state index in [1.807, 2.05) is 30.3 Å². The van der Waals surface area contributed by atoms with Gasteiger partial charge in [-0.1, -0.05) is 30.3 Å². The van der Waals surface area contributed by atoms with Gasteiger partial charge in [0.25, 0.3) is 0 Å². The predicted molar refractivity (Wildman–Crippen MR) is 62.2 cm³/mol. The normalized spacial score (nSPS) is 18.0. The first-order valence-corrected chi connectivity index (χ1v) is 5.74. The molecular weight excluding hydrogens is 226 g/mol. The largest absolute Gasteiger partial charge is 0.396 e. The zero-order valence-corrected chi connectivity index (χ0v) is 9.60. The Kier molecular flexibility index (Phi) is 3.46. The summed E-state index contributed by atoms with van der Waals surface area (Å²) in [5.74, 6) is 0.154. The summed E-state index contributed by atoms with van der Waals surface area (Å²) in [6, 6.07) is 9.32. The molecule has 1 saturated heterocycles. The van der Waals surface area contributed by atoms with Crippen molar-refractivity contribution in [1.82, 2.24) is 4.90 Å². The maximum absolute atomic E-state index is 11.9. The number of halogens is 1. The van der Waals surface area contributed by atoms with Crippen LogP contribution in [0, 0.1) is 5.92 Å². The van der Waals surface area contributed by atoms with Gasteiger partial charge in [0, 0.05) is 25.6 Å². The van der Waals surface area contributed by atoms with Crippen LogP contribution >= 0.6 is 11.6 Å². The van der Waals surface area contributed by atoms with E-state index in [9.17, 15) is 4.79 Å². The summed E-state index contributed by atoms with van der Waals surface area (Å²) in [7, 11) is 0. The number of alkyl halides is 1. The fourth-order valence-corrected chi connectivity index (χ4v) is 2.07. The Balaban J connectivity index is 1.96. The van der Waals surface area contributed by atoms with Crippen molar-refractivity contribution in [2.45, 2.75) is 5.38 Å². The molecule has 1 unspecified atom stereocenters. The van der Waals surface area contributed by atoms with Gasteiger partial charge in [-0.15, -0.1) is 11.6 Å². The lowest BCUT2D eigenvalue weighted by molar-refractivity contribution is -0.138. The van der Waals surface area contributed by atoms with Crippen LogP contribution in [0.5, 0.6) is 0 Å². The molecule has 2 rings (SSSR count). The molecular formula is C12H14ClNO2. The van der Waals surface area contributed by atoms with Crippen LogP contribution in [-0.4, -0.2) is 35.6 Å². The third kappa shape index (κ3) is 2.20. The summed E-state index contributed by atoms with van der Waals surface area (Å²) >= 11 is 6.10. The van der Waals surface area contributed by atoms with Crippen LogP contribution in [0.15, 0.2) is 30.3 Å². The van der Waals surface area contributed by atoms with Crippen LogP contribution in [0.4, 0.5) is 0 Å². The number of likely N-dealkylation sites (tertiary alicyclic amines) is 1. The maximum Gasteiger partial charge on any atom is 0.245 e. The number of hydrogen-bond donors (Lipinski definition) is 1. The van der Waals surface area contributed by atoms with Gasteiger partial charge in [-0.3, -0.25) is 4.79 Å².